The van der Waals surface area contributed by atoms with E-state index in [4.69, 9.17) is 4.74 Å². The Morgan fingerprint density at radius 3 is 2.14 bits per heavy atom. The number of nitrogens with zero attached hydrogens (tertiary/aromatic N) is 3. The molecule has 2 aliphatic heterocycles. The molecule has 0 bridgehead atoms. The lowest BCUT2D eigenvalue weighted by Crippen LogP contribution is -2.48. The van der Waals surface area contributed by atoms with Gasteiger partial charge >= 0.3 is 0 Å². The number of hydrogen-bond donors (Lipinski definition) is 0. The Labute approximate surface area is 133 Å². The van der Waals surface area contributed by atoms with Gasteiger partial charge in [0.25, 0.3) is 5.91 Å². The van der Waals surface area contributed by atoms with Gasteiger partial charge in [-0.15, -0.1) is 0 Å². The van der Waals surface area contributed by atoms with E-state index in [-0.39, 0.29) is 23.7 Å². The van der Waals surface area contributed by atoms with Crippen LogP contribution in [0.4, 0.5) is 0 Å². The van der Waals surface area contributed by atoms with E-state index in [1.54, 1.807) is 11.1 Å². The van der Waals surface area contributed by atoms with Crippen molar-refractivity contribution < 1.29 is 9.53 Å². The molecule has 5 nitrogen and oxygen atoms in total. The summed E-state index contributed by atoms with van der Waals surface area (Å²) in [5.74, 6) is 1.02. The van der Waals surface area contributed by atoms with E-state index in [1.165, 1.54) is 6.42 Å². The first kappa shape index (κ1) is 16.8. The zero-order valence-corrected chi connectivity index (χ0v) is 14.1. The minimum absolute atomic E-state index is 0.0164. The zero-order valence-electron chi connectivity index (χ0n) is 14.1. The molecule has 1 amide bonds. The third-order valence-corrected chi connectivity index (χ3v) is 4.27. The van der Waals surface area contributed by atoms with Crippen LogP contribution in [0, 0.1) is 23.2 Å². The number of nitriles is 1. The van der Waals surface area contributed by atoms with E-state index < -0.39 is 0 Å². The fraction of sp³-hybridized carbons (Fsp3) is 0.765. The van der Waals surface area contributed by atoms with Crippen LogP contribution in [0.15, 0.2) is 11.8 Å². The van der Waals surface area contributed by atoms with Gasteiger partial charge in [0.2, 0.25) is 0 Å². The predicted molar refractivity (Wildman–Crippen MR) is 84.8 cm³/mol. The summed E-state index contributed by atoms with van der Waals surface area (Å²) in [5.41, 5.74) is 0.239. The first-order valence-electron chi connectivity index (χ1n) is 8.19. The van der Waals surface area contributed by atoms with Crippen molar-refractivity contribution in [2.45, 2.75) is 46.3 Å². The average Bonchev–Trinajstić information content (AvgIpc) is 2.42. The summed E-state index contributed by atoms with van der Waals surface area (Å²) in [7, 11) is 0. The molecular weight excluding hydrogens is 278 g/mol. The van der Waals surface area contributed by atoms with Crippen molar-refractivity contribution in [2.24, 2.45) is 11.8 Å². The van der Waals surface area contributed by atoms with E-state index in [0.29, 0.717) is 24.9 Å². The van der Waals surface area contributed by atoms with Gasteiger partial charge in [-0.25, -0.2) is 0 Å². The number of rotatable bonds is 2. The van der Waals surface area contributed by atoms with Crippen molar-refractivity contribution in [2.75, 3.05) is 26.2 Å². The van der Waals surface area contributed by atoms with E-state index in [1.807, 2.05) is 13.8 Å². The molecule has 2 fully saturated rings. The first-order valence-corrected chi connectivity index (χ1v) is 8.19. The summed E-state index contributed by atoms with van der Waals surface area (Å²) in [6.07, 6.45) is 3.00. The van der Waals surface area contributed by atoms with E-state index in [2.05, 4.69) is 24.8 Å². The second kappa shape index (κ2) is 7.15. The van der Waals surface area contributed by atoms with Gasteiger partial charge in [0.15, 0.2) is 0 Å². The molecule has 0 aromatic carbocycles. The second-order valence-corrected chi connectivity index (χ2v) is 7.02. The van der Waals surface area contributed by atoms with Crippen molar-refractivity contribution >= 4 is 5.91 Å². The fourth-order valence-electron chi connectivity index (χ4n) is 3.65. The number of amides is 1. The molecular formula is C17H27N3O2. The highest BCUT2D eigenvalue weighted by molar-refractivity contribution is 5.97. The highest BCUT2D eigenvalue weighted by atomic mass is 16.5. The topological polar surface area (TPSA) is 56.6 Å². The van der Waals surface area contributed by atoms with Crippen LogP contribution in [0.3, 0.4) is 0 Å². The lowest BCUT2D eigenvalue weighted by molar-refractivity contribution is -0.138. The largest absolute Gasteiger partial charge is 0.376 e. The van der Waals surface area contributed by atoms with Gasteiger partial charge < -0.3 is 14.5 Å². The lowest BCUT2D eigenvalue weighted by atomic mass is 9.92. The Hall–Kier alpha value is -1.54. The third-order valence-electron chi connectivity index (χ3n) is 4.27. The Balaban J connectivity index is 2.08. The van der Waals surface area contributed by atoms with Gasteiger partial charge in [0, 0.05) is 32.4 Å². The Kier molecular flexibility index (Phi) is 5.47. The van der Waals surface area contributed by atoms with E-state index in [9.17, 15) is 10.1 Å². The molecule has 2 saturated heterocycles. The van der Waals surface area contributed by atoms with Crippen LogP contribution < -0.4 is 0 Å². The molecule has 0 spiro atoms. The van der Waals surface area contributed by atoms with E-state index >= 15 is 0 Å². The molecule has 0 aromatic heterocycles. The van der Waals surface area contributed by atoms with Crippen molar-refractivity contribution in [3.8, 4) is 6.07 Å². The lowest BCUT2D eigenvalue weighted by Gasteiger charge is -2.36. The first-order chi connectivity index (χ1) is 10.4. The molecule has 0 aromatic rings. The van der Waals surface area contributed by atoms with Gasteiger partial charge in [-0.05, 0) is 32.1 Å². The Morgan fingerprint density at radius 2 is 1.64 bits per heavy atom. The summed E-state index contributed by atoms with van der Waals surface area (Å²) in [6.45, 7) is 11.3. The van der Waals surface area contributed by atoms with Gasteiger partial charge in [-0.3, -0.25) is 4.79 Å². The smallest absolute Gasteiger partial charge is 0.266 e. The van der Waals surface area contributed by atoms with Crippen molar-refractivity contribution in [1.82, 2.24) is 9.80 Å². The van der Waals surface area contributed by atoms with Crippen LogP contribution in [0.5, 0.6) is 0 Å². The van der Waals surface area contributed by atoms with Crippen LogP contribution in [0.2, 0.25) is 0 Å². The highest BCUT2D eigenvalue weighted by Gasteiger charge is 2.29. The maximum absolute atomic E-state index is 12.6. The average molecular weight is 305 g/mol. The maximum atomic E-state index is 12.6. The predicted octanol–water partition coefficient (Wildman–Crippen LogP) is 2.01. The molecule has 2 aliphatic rings. The molecule has 0 radical (unpaired) electrons. The van der Waals surface area contributed by atoms with Crippen LogP contribution >= 0.6 is 0 Å². The van der Waals surface area contributed by atoms with Gasteiger partial charge in [0.05, 0.1) is 12.2 Å². The van der Waals surface area contributed by atoms with Gasteiger partial charge in [-0.1, -0.05) is 13.8 Å². The fourth-order valence-corrected chi connectivity index (χ4v) is 3.65. The van der Waals surface area contributed by atoms with Gasteiger partial charge in [-0.2, -0.15) is 5.26 Å². The maximum Gasteiger partial charge on any atom is 0.266 e. The molecule has 4 atom stereocenters. The molecule has 22 heavy (non-hydrogen) atoms. The van der Waals surface area contributed by atoms with Crippen LogP contribution in [0.1, 0.15) is 34.1 Å². The zero-order chi connectivity index (χ0) is 16.3. The number of likely N-dealkylation sites (tertiary alicyclic amines) is 1. The summed E-state index contributed by atoms with van der Waals surface area (Å²) in [6, 6.07) is 2.09. The number of hydrogen-bond acceptors (Lipinski definition) is 4. The molecule has 5 heteroatoms. The summed E-state index contributed by atoms with van der Waals surface area (Å²) in [4.78, 5) is 16.5. The third kappa shape index (κ3) is 4.23. The molecule has 0 aliphatic carbocycles. The standard InChI is InChI=1S/C17H27N3O2/c1-12-5-13(2)8-19(7-12)11-16(6-18)17(21)20-9-14(3)22-15(4)10-20/h11-15H,5,7-10H2,1-4H3/b16-11-. The second-order valence-electron chi connectivity index (χ2n) is 7.02. The molecule has 4 unspecified atom stereocenters. The van der Waals surface area contributed by atoms with Gasteiger partial charge in [0.1, 0.15) is 11.6 Å². The summed E-state index contributed by atoms with van der Waals surface area (Å²) >= 11 is 0. The number of carbonyl (C=O) groups excluding carboxylic acids is 1. The molecule has 2 heterocycles. The highest BCUT2D eigenvalue weighted by Crippen LogP contribution is 2.22. The SMILES string of the molecule is CC1CC(C)CN(/C=C(/C#N)C(=O)N2CC(C)OC(C)C2)C1. The number of piperidine rings is 1. The Bertz CT molecular complexity index is 463. The molecule has 0 N–H and O–H groups in total. The molecule has 2 rings (SSSR count). The summed E-state index contributed by atoms with van der Waals surface area (Å²) < 4.78 is 5.65. The Morgan fingerprint density at radius 1 is 1.09 bits per heavy atom. The minimum atomic E-state index is -0.171. The van der Waals surface area contributed by atoms with Crippen molar-refractivity contribution in [3.05, 3.63) is 11.8 Å². The van der Waals surface area contributed by atoms with Crippen LogP contribution in [-0.2, 0) is 9.53 Å². The normalized spacial score (nSPS) is 33.5. The van der Waals surface area contributed by atoms with Crippen molar-refractivity contribution in [3.63, 3.8) is 0 Å². The van der Waals surface area contributed by atoms with Crippen LogP contribution in [-0.4, -0.2) is 54.1 Å². The molecule has 0 saturated carbocycles. The van der Waals surface area contributed by atoms with Crippen LogP contribution in [0.25, 0.3) is 0 Å². The summed E-state index contributed by atoms with van der Waals surface area (Å²) in [5, 5.41) is 9.40. The molecule has 122 valence electrons. The number of ether oxygens (including phenoxy) is 1. The van der Waals surface area contributed by atoms with Crippen molar-refractivity contribution in [1.29, 1.82) is 5.26 Å². The quantitative estimate of drug-likeness (QED) is 0.578. The monoisotopic (exact) mass is 305 g/mol. The number of carbonyl (C=O) groups is 1. The number of morpholine rings is 1. The van der Waals surface area contributed by atoms with E-state index in [0.717, 1.165) is 13.1 Å². The minimum Gasteiger partial charge on any atom is -0.376 e.